The quantitative estimate of drug-likeness (QED) is 0.595. The Kier molecular flexibility index (Phi) is 6.84. The molecule has 0 saturated carbocycles. The maximum atomic E-state index is 13.6. The van der Waals surface area contributed by atoms with Crippen LogP contribution in [0.15, 0.2) is 48.9 Å². The highest BCUT2D eigenvalue weighted by Crippen LogP contribution is 2.38. The van der Waals surface area contributed by atoms with E-state index in [1.807, 2.05) is 47.6 Å². The van der Waals surface area contributed by atoms with Crippen LogP contribution in [0.4, 0.5) is 4.79 Å². The molecule has 2 aromatic rings. The fourth-order valence-electron chi connectivity index (χ4n) is 4.87. The number of nitrogens with zero attached hydrogens (tertiary/aromatic N) is 5. The van der Waals surface area contributed by atoms with Gasteiger partial charge in [0.25, 0.3) is 5.91 Å². The van der Waals surface area contributed by atoms with Gasteiger partial charge in [0.05, 0.1) is 5.69 Å². The second kappa shape index (κ2) is 9.77. The van der Waals surface area contributed by atoms with Crippen LogP contribution in [-0.2, 0) is 17.8 Å². The van der Waals surface area contributed by atoms with Gasteiger partial charge in [-0.1, -0.05) is 26.0 Å². The fourth-order valence-corrected chi connectivity index (χ4v) is 4.87. The summed E-state index contributed by atoms with van der Waals surface area (Å²) in [5, 5.41) is 0. The Hall–Kier alpha value is -2.80. The largest absolute Gasteiger partial charge is 0.327 e. The van der Waals surface area contributed by atoms with Crippen molar-refractivity contribution < 1.29 is 9.59 Å². The van der Waals surface area contributed by atoms with Gasteiger partial charge in [0, 0.05) is 51.3 Å². The van der Waals surface area contributed by atoms with Crippen LogP contribution in [-0.4, -0.2) is 68.3 Å². The van der Waals surface area contributed by atoms with E-state index in [1.54, 1.807) is 6.20 Å². The molecule has 3 amide bonds. The number of likely N-dealkylation sites (tertiary alicyclic amines) is 1. The fraction of sp³-hybridized carbons (Fsp3) is 0.520. The Morgan fingerprint density at radius 2 is 1.88 bits per heavy atom. The molecule has 2 aliphatic heterocycles. The van der Waals surface area contributed by atoms with E-state index in [0.29, 0.717) is 31.8 Å². The van der Waals surface area contributed by atoms with Gasteiger partial charge in [-0.05, 0) is 55.4 Å². The van der Waals surface area contributed by atoms with Crippen LogP contribution < -0.4 is 0 Å². The monoisotopic (exact) mass is 435 g/mol. The van der Waals surface area contributed by atoms with Gasteiger partial charge in [-0.15, -0.1) is 0 Å². The third-order valence-corrected chi connectivity index (χ3v) is 6.53. The summed E-state index contributed by atoms with van der Waals surface area (Å²) < 4.78 is 0. The zero-order chi connectivity index (χ0) is 22.6. The van der Waals surface area contributed by atoms with Crippen LogP contribution in [0.5, 0.6) is 0 Å². The van der Waals surface area contributed by atoms with Gasteiger partial charge in [0.15, 0.2) is 0 Å². The predicted molar refractivity (Wildman–Crippen MR) is 123 cm³/mol. The van der Waals surface area contributed by atoms with Crippen molar-refractivity contribution in [2.24, 2.45) is 5.92 Å². The molecule has 2 aliphatic rings. The summed E-state index contributed by atoms with van der Waals surface area (Å²) in [7, 11) is 0. The maximum absolute atomic E-state index is 13.6. The van der Waals surface area contributed by atoms with Gasteiger partial charge in [0.1, 0.15) is 5.54 Å². The Morgan fingerprint density at radius 3 is 2.53 bits per heavy atom. The molecule has 0 atom stereocenters. The molecule has 170 valence electrons. The number of aromatic nitrogens is 2. The minimum atomic E-state index is -0.698. The Morgan fingerprint density at radius 1 is 1.06 bits per heavy atom. The number of hydrogen-bond donors (Lipinski definition) is 0. The van der Waals surface area contributed by atoms with E-state index in [0.717, 1.165) is 43.7 Å². The molecule has 2 fully saturated rings. The van der Waals surface area contributed by atoms with Crippen molar-refractivity contribution in [1.82, 2.24) is 24.7 Å². The van der Waals surface area contributed by atoms with Crippen LogP contribution in [0, 0.1) is 5.92 Å². The number of urea groups is 1. The van der Waals surface area contributed by atoms with E-state index in [9.17, 15) is 9.59 Å². The molecule has 1 spiro atoms. The van der Waals surface area contributed by atoms with E-state index < -0.39 is 5.54 Å². The van der Waals surface area contributed by atoms with Crippen LogP contribution in [0.25, 0.3) is 0 Å². The van der Waals surface area contributed by atoms with Gasteiger partial charge in [-0.25, -0.2) is 4.79 Å². The molecule has 0 radical (unpaired) electrons. The highest BCUT2D eigenvalue weighted by atomic mass is 16.2. The number of amides is 3. The van der Waals surface area contributed by atoms with E-state index in [4.69, 9.17) is 0 Å². The number of piperidine rings is 1. The van der Waals surface area contributed by atoms with E-state index >= 15 is 0 Å². The SMILES string of the molecule is CC(C)CN1C(=O)N(CCCc2cccnc2)C(=O)C12CCN(Cc1ccccn1)CC2. The van der Waals surface area contributed by atoms with Crippen molar-refractivity contribution in [2.45, 2.75) is 51.6 Å². The molecule has 0 bridgehead atoms. The average Bonchev–Trinajstić information content (AvgIpc) is 2.98. The predicted octanol–water partition coefficient (Wildman–Crippen LogP) is 3.36. The zero-order valence-electron chi connectivity index (χ0n) is 19.1. The molecule has 0 N–H and O–H groups in total. The van der Waals surface area contributed by atoms with Crippen molar-refractivity contribution in [2.75, 3.05) is 26.2 Å². The molecule has 0 aromatic carbocycles. The molecule has 7 heteroatoms. The molecule has 7 nitrogen and oxygen atoms in total. The van der Waals surface area contributed by atoms with Crippen LogP contribution >= 0.6 is 0 Å². The normalized spacial score (nSPS) is 18.8. The van der Waals surface area contributed by atoms with Gasteiger partial charge >= 0.3 is 6.03 Å². The summed E-state index contributed by atoms with van der Waals surface area (Å²) in [5.41, 5.74) is 1.47. The molecule has 0 unspecified atom stereocenters. The highest BCUT2D eigenvalue weighted by Gasteiger charge is 2.57. The molecule has 32 heavy (non-hydrogen) atoms. The smallest absolute Gasteiger partial charge is 0.309 e. The lowest BCUT2D eigenvalue weighted by Crippen LogP contribution is -2.57. The van der Waals surface area contributed by atoms with E-state index in [1.165, 1.54) is 4.90 Å². The Balaban J connectivity index is 1.43. The van der Waals surface area contributed by atoms with Gasteiger partial charge < -0.3 is 4.90 Å². The van der Waals surface area contributed by atoms with E-state index in [-0.39, 0.29) is 11.9 Å². The summed E-state index contributed by atoms with van der Waals surface area (Å²) in [6.07, 6.45) is 8.32. The van der Waals surface area contributed by atoms with E-state index in [2.05, 4.69) is 28.7 Å². The lowest BCUT2D eigenvalue weighted by Gasteiger charge is -2.42. The Labute approximate surface area is 190 Å². The van der Waals surface area contributed by atoms with Crippen LogP contribution in [0.2, 0.25) is 0 Å². The number of carbonyl (C=O) groups excluding carboxylic acids is 2. The average molecular weight is 436 g/mol. The first-order valence-electron chi connectivity index (χ1n) is 11.6. The van der Waals surface area contributed by atoms with Crippen molar-refractivity contribution in [3.63, 3.8) is 0 Å². The lowest BCUT2D eigenvalue weighted by molar-refractivity contribution is -0.135. The van der Waals surface area contributed by atoms with Gasteiger partial charge in [-0.3, -0.25) is 24.6 Å². The summed E-state index contributed by atoms with van der Waals surface area (Å²) in [5.74, 6) is 0.303. The molecule has 2 saturated heterocycles. The summed E-state index contributed by atoms with van der Waals surface area (Å²) in [6.45, 7) is 7.63. The molecule has 2 aromatic heterocycles. The van der Waals surface area contributed by atoms with Crippen molar-refractivity contribution in [3.8, 4) is 0 Å². The van der Waals surface area contributed by atoms with Crippen LogP contribution in [0.1, 0.15) is 44.4 Å². The second-order valence-corrected chi connectivity index (χ2v) is 9.34. The third kappa shape index (κ3) is 4.67. The summed E-state index contributed by atoms with van der Waals surface area (Å²) in [4.78, 5) is 41.2. The molecular weight excluding hydrogens is 402 g/mol. The van der Waals surface area contributed by atoms with Crippen molar-refractivity contribution in [1.29, 1.82) is 0 Å². The standard InChI is InChI=1S/C25H33N5O2/c1-20(2)18-30-24(32)29(14-6-8-21-7-5-12-26-17-21)23(31)25(30)10-15-28(16-11-25)19-22-9-3-4-13-27-22/h3-5,7,9,12-13,17,20H,6,8,10-11,14-16,18-19H2,1-2H3. The summed E-state index contributed by atoms with van der Waals surface area (Å²) in [6, 6.07) is 9.78. The molecule has 4 rings (SSSR count). The van der Waals surface area contributed by atoms with Gasteiger partial charge in [0.2, 0.25) is 0 Å². The third-order valence-electron chi connectivity index (χ3n) is 6.53. The topological polar surface area (TPSA) is 69.6 Å². The van der Waals surface area contributed by atoms with Gasteiger partial charge in [-0.2, -0.15) is 0 Å². The minimum Gasteiger partial charge on any atom is -0.309 e. The first-order valence-corrected chi connectivity index (χ1v) is 11.6. The van der Waals surface area contributed by atoms with Crippen molar-refractivity contribution in [3.05, 3.63) is 60.2 Å². The molecule has 0 aliphatic carbocycles. The number of imide groups is 1. The minimum absolute atomic E-state index is 0.00757. The summed E-state index contributed by atoms with van der Waals surface area (Å²) >= 11 is 0. The Bertz CT molecular complexity index is 910. The molecular formula is C25H33N5O2. The van der Waals surface area contributed by atoms with Crippen molar-refractivity contribution >= 4 is 11.9 Å². The lowest BCUT2D eigenvalue weighted by atomic mass is 9.85. The maximum Gasteiger partial charge on any atom is 0.327 e. The number of hydrogen-bond acceptors (Lipinski definition) is 5. The first kappa shape index (κ1) is 22.4. The number of carbonyl (C=O) groups is 2. The second-order valence-electron chi connectivity index (χ2n) is 9.34. The molecule has 4 heterocycles. The number of aryl methyl sites for hydroxylation is 1. The number of rotatable bonds is 8. The zero-order valence-corrected chi connectivity index (χ0v) is 19.1. The highest BCUT2D eigenvalue weighted by molar-refractivity contribution is 6.07. The van der Waals surface area contributed by atoms with Crippen LogP contribution in [0.3, 0.4) is 0 Å². The first-order chi connectivity index (χ1) is 15.5. The number of pyridine rings is 2.